The van der Waals surface area contributed by atoms with Crippen molar-refractivity contribution in [3.8, 4) is 0 Å². The highest BCUT2D eigenvalue weighted by molar-refractivity contribution is 6.12. The Morgan fingerprint density at radius 3 is 2.81 bits per heavy atom. The van der Waals surface area contributed by atoms with Gasteiger partial charge in [-0.15, -0.1) is 5.10 Å². The van der Waals surface area contributed by atoms with Crippen molar-refractivity contribution in [1.29, 1.82) is 0 Å². The summed E-state index contributed by atoms with van der Waals surface area (Å²) in [5, 5.41) is 8.02. The molecule has 1 aliphatic heterocycles. The molecule has 0 radical (unpaired) electrons. The molecule has 78 valence electrons. The predicted molar refractivity (Wildman–Crippen MR) is 62.7 cm³/mol. The zero-order valence-electron chi connectivity index (χ0n) is 8.80. The van der Waals surface area contributed by atoms with Gasteiger partial charge in [-0.2, -0.15) is 5.10 Å². The van der Waals surface area contributed by atoms with Crippen molar-refractivity contribution in [2.24, 2.45) is 4.99 Å². The Labute approximate surface area is 93.9 Å². The molecule has 2 heterocycles. The summed E-state index contributed by atoms with van der Waals surface area (Å²) in [6, 6.07) is 12.2. The van der Waals surface area contributed by atoms with Crippen LogP contribution in [-0.2, 0) is 6.42 Å². The molecule has 3 heteroatoms. The molecule has 0 bridgehead atoms. The molecular formula is C13H11N3. The molecule has 0 saturated heterocycles. The van der Waals surface area contributed by atoms with E-state index in [2.05, 4.69) is 33.4 Å². The van der Waals surface area contributed by atoms with Crippen molar-refractivity contribution in [3.63, 3.8) is 0 Å². The minimum atomic E-state index is 0.836. The number of nitrogens with zero attached hydrogens (tertiary/aromatic N) is 3. The molecule has 0 spiro atoms. The molecule has 1 aliphatic rings. The zero-order chi connectivity index (χ0) is 10.8. The minimum Gasteiger partial charge on any atom is -0.282 e. The van der Waals surface area contributed by atoms with Crippen molar-refractivity contribution < 1.29 is 0 Å². The van der Waals surface area contributed by atoms with Crippen LogP contribution in [-0.4, -0.2) is 22.5 Å². The maximum atomic E-state index is 4.56. The fourth-order valence-corrected chi connectivity index (χ4v) is 1.99. The van der Waals surface area contributed by atoms with Crippen LogP contribution in [0, 0.1) is 0 Å². The summed E-state index contributed by atoms with van der Waals surface area (Å²) in [5.74, 6) is 0. The van der Waals surface area contributed by atoms with Gasteiger partial charge in [-0.1, -0.05) is 24.3 Å². The summed E-state index contributed by atoms with van der Waals surface area (Å²) >= 11 is 0. The minimum absolute atomic E-state index is 0.836. The fourth-order valence-electron chi connectivity index (χ4n) is 1.99. The van der Waals surface area contributed by atoms with Crippen LogP contribution in [0.15, 0.2) is 47.6 Å². The Balaban J connectivity index is 2.13. The van der Waals surface area contributed by atoms with Crippen molar-refractivity contribution in [2.75, 3.05) is 6.54 Å². The summed E-state index contributed by atoms with van der Waals surface area (Å²) in [6.45, 7) is 0.836. The number of fused-ring (bicyclic) bond motifs is 1. The van der Waals surface area contributed by atoms with Crippen molar-refractivity contribution in [1.82, 2.24) is 10.2 Å². The van der Waals surface area contributed by atoms with Crippen molar-refractivity contribution >= 4 is 5.71 Å². The average Bonchev–Trinajstić information content (AvgIpc) is 2.39. The van der Waals surface area contributed by atoms with E-state index in [0.29, 0.717) is 0 Å². The second-order valence-corrected chi connectivity index (χ2v) is 3.75. The number of aliphatic imine (C=N–C) groups is 1. The Kier molecular flexibility index (Phi) is 2.22. The molecule has 1 aromatic carbocycles. The molecule has 0 amide bonds. The summed E-state index contributed by atoms with van der Waals surface area (Å²) in [7, 11) is 0. The fraction of sp³-hybridized carbons (Fsp3) is 0.154. The standard InChI is InChI=1S/C13H11N3/c1-2-5-11-10(4-1)7-9-14-13(11)12-6-3-8-15-16-12/h1-6,8H,7,9H2. The number of hydrogen-bond acceptors (Lipinski definition) is 3. The summed E-state index contributed by atoms with van der Waals surface area (Å²) in [4.78, 5) is 4.56. The highest BCUT2D eigenvalue weighted by atomic mass is 15.1. The average molecular weight is 209 g/mol. The third-order valence-corrected chi connectivity index (χ3v) is 2.74. The van der Waals surface area contributed by atoms with Crippen LogP contribution in [0.2, 0.25) is 0 Å². The molecule has 0 N–H and O–H groups in total. The molecule has 0 unspecified atom stereocenters. The second-order valence-electron chi connectivity index (χ2n) is 3.75. The third kappa shape index (κ3) is 1.50. The number of rotatable bonds is 1. The van der Waals surface area contributed by atoms with Crippen LogP contribution in [0.25, 0.3) is 0 Å². The van der Waals surface area contributed by atoms with Crippen molar-refractivity contribution in [3.05, 3.63) is 59.4 Å². The van der Waals surface area contributed by atoms with Crippen LogP contribution in [0.5, 0.6) is 0 Å². The molecule has 0 aliphatic carbocycles. The van der Waals surface area contributed by atoms with Crippen LogP contribution < -0.4 is 0 Å². The van der Waals surface area contributed by atoms with Gasteiger partial charge in [0.05, 0.1) is 5.71 Å². The molecule has 16 heavy (non-hydrogen) atoms. The van der Waals surface area contributed by atoms with Gasteiger partial charge in [-0.25, -0.2) is 0 Å². The number of benzene rings is 1. The van der Waals surface area contributed by atoms with E-state index in [4.69, 9.17) is 0 Å². The van der Waals surface area contributed by atoms with Gasteiger partial charge in [0.25, 0.3) is 0 Å². The van der Waals surface area contributed by atoms with E-state index in [1.165, 1.54) is 11.1 Å². The first-order chi connectivity index (χ1) is 7.95. The SMILES string of the molecule is c1cnnc(C2=NCCc3ccccc32)c1. The van der Waals surface area contributed by atoms with Gasteiger partial charge in [0, 0.05) is 18.3 Å². The van der Waals surface area contributed by atoms with Gasteiger partial charge >= 0.3 is 0 Å². The topological polar surface area (TPSA) is 38.1 Å². The lowest BCUT2D eigenvalue weighted by Crippen LogP contribution is -2.15. The largest absolute Gasteiger partial charge is 0.282 e. The van der Waals surface area contributed by atoms with E-state index in [9.17, 15) is 0 Å². The van der Waals surface area contributed by atoms with E-state index in [0.717, 1.165) is 24.4 Å². The Morgan fingerprint density at radius 2 is 1.94 bits per heavy atom. The van der Waals surface area contributed by atoms with Crippen LogP contribution in [0.3, 0.4) is 0 Å². The maximum Gasteiger partial charge on any atom is 0.111 e. The van der Waals surface area contributed by atoms with E-state index in [1.807, 2.05) is 18.2 Å². The Bertz CT molecular complexity index is 532. The van der Waals surface area contributed by atoms with Crippen LogP contribution in [0.1, 0.15) is 16.8 Å². The van der Waals surface area contributed by atoms with E-state index < -0.39 is 0 Å². The molecule has 3 rings (SSSR count). The van der Waals surface area contributed by atoms with E-state index in [-0.39, 0.29) is 0 Å². The van der Waals surface area contributed by atoms with E-state index >= 15 is 0 Å². The first-order valence-corrected chi connectivity index (χ1v) is 5.36. The molecule has 3 nitrogen and oxygen atoms in total. The Hall–Kier alpha value is -2.03. The highest BCUT2D eigenvalue weighted by Crippen LogP contribution is 2.18. The maximum absolute atomic E-state index is 4.56. The summed E-state index contributed by atoms with van der Waals surface area (Å²) < 4.78 is 0. The lowest BCUT2D eigenvalue weighted by atomic mass is 9.96. The second kappa shape index (κ2) is 3.85. The zero-order valence-corrected chi connectivity index (χ0v) is 8.80. The van der Waals surface area contributed by atoms with Gasteiger partial charge in [0.1, 0.15) is 5.69 Å². The lowest BCUT2D eigenvalue weighted by molar-refractivity contribution is 0.933. The summed E-state index contributed by atoms with van der Waals surface area (Å²) in [5.41, 5.74) is 4.36. The van der Waals surface area contributed by atoms with Gasteiger partial charge in [0.2, 0.25) is 0 Å². The third-order valence-electron chi connectivity index (χ3n) is 2.74. The number of hydrogen-bond donors (Lipinski definition) is 0. The van der Waals surface area contributed by atoms with Crippen LogP contribution >= 0.6 is 0 Å². The lowest BCUT2D eigenvalue weighted by Gasteiger charge is -2.15. The number of aromatic nitrogens is 2. The van der Waals surface area contributed by atoms with E-state index in [1.54, 1.807) is 6.20 Å². The Morgan fingerprint density at radius 1 is 1.00 bits per heavy atom. The molecule has 0 saturated carbocycles. The molecule has 1 aromatic heterocycles. The molecule has 0 atom stereocenters. The highest BCUT2D eigenvalue weighted by Gasteiger charge is 2.15. The van der Waals surface area contributed by atoms with Gasteiger partial charge in [-0.3, -0.25) is 4.99 Å². The molecule has 2 aromatic rings. The predicted octanol–water partition coefficient (Wildman–Crippen LogP) is 1.87. The first kappa shape index (κ1) is 9.21. The molecule has 0 fully saturated rings. The van der Waals surface area contributed by atoms with Gasteiger partial charge in [-0.05, 0) is 24.1 Å². The van der Waals surface area contributed by atoms with Gasteiger partial charge < -0.3 is 0 Å². The van der Waals surface area contributed by atoms with Crippen LogP contribution in [0.4, 0.5) is 0 Å². The van der Waals surface area contributed by atoms with Crippen molar-refractivity contribution in [2.45, 2.75) is 6.42 Å². The van der Waals surface area contributed by atoms with Gasteiger partial charge in [0.15, 0.2) is 0 Å². The smallest absolute Gasteiger partial charge is 0.111 e. The first-order valence-electron chi connectivity index (χ1n) is 5.36. The normalized spacial score (nSPS) is 14.1. The summed E-state index contributed by atoms with van der Waals surface area (Å²) in [6.07, 6.45) is 2.69. The monoisotopic (exact) mass is 209 g/mol. The molecular weight excluding hydrogens is 198 g/mol. The quantitative estimate of drug-likeness (QED) is 0.719.